The first kappa shape index (κ1) is 22.1. The first-order chi connectivity index (χ1) is 14.8. The first-order valence-corrected chi connectivity index (χ1v) is 11.3. The van der Waals surface area contributed by atoms with Gasteiger partial charge in [-0.25, -0.2) is 4.89 Å². The minimum atomic E-state index is -1.84. The quantitative estimate of drug-likeness (QED) is 0.376. The number of carbonyl (C=O) groups excluding carboxylic acids is 2. The van der Waals surface area contributed by atoms with Crippen LogP contribution in [0.5, 0.6) is 0 Å². The van der Waals surface area contributed by atoms with Gasteiger partial charge >= 0.3 is 11.9 Å². The van der Waals surface area contributed by atoms with E-state index in [0.29, 0.717) is 18.4 Å². The minimum absolute atomic E-state index is 0.329. The molecule has 0 aromatic rings. The highest BCUT2D eigenvalue weighted by Crippen LogP contribution is 2.74. The molecule has 8 heteroatoms. The van der Waals surface area contributed by atoms with Gasteiger partial charge in [0.2, 0.25) is 5.79 Å². The molecule has 176 valence electrons. The van der Waals surface area contributed by atoms with Gasteiger partial charge in [-0.1, -0.05) is 27.4 Å². The molecule has 4 aliphatic carbocycles. The van der Waals surface area contributed by atoms with Crippen LogP contribution in [0.4, 0.5) is 0 Å². The number of aliphatic hydroxyl groups is 2. The van der Waals surface area contributed by atoms with Crippen LogP contribution in [-0.2, 0) is 28.8 Å². The Hall–Kier alpha value is -1.74. The molecule has 0 amide bonds. The number of aliphatic hydroxyl groups excluding tert-OH is 1. The number of fused-ring (bicyclic) bond motifs is 2. The molecule has 3 saturated carbocycles. The van der Waals surface area contributed by atoms with E-state index in [1.807, 2.05) is 13.0 Å². The van der Waals surface area contributed by atoms with Crippen molar-refractivity contribution in [2.24, 2.45) is 28.6 Å². The Kier molecular flexibility index (Phi) is 4.44. The van der Waals surface area contributed by atoms with Crippen LogP contribution in [0.25, 0.3) is 0 Å². The molecule has 5 aliphatic rings. The molecule has 1 saturated heterocycles. The Labute approximate surface area is 187 Å². The Morgan fingerprint density at radius 2 is 1.78 bits per heavy atom. The SMILES string of the molecule is C=C1[C@H]2CC3=C[C@H](OC(C)=O)[C@@H]4C(C)(C)CC[C@H](OC(C)=O)[C@@]4(C)[C@@]34OO[C@@]1(O)[C@H]4[C@H]2O. The molecule has 1 heterocycles. The Balaban J connectivity index is 1.79. The zero-order valence-corrected chi connectivity index (χ0v) is 19.2. The summed E-state index contributed by atoms with van der Waals surface area (Å²) in [7, 11) is 0. The van der Waals surface area contributed by atoms with E-state index in [9.17, 15) is 19.8 Å². The van der Waals surface area contributed by atoms with Gasteiger partial charge in [0.1, 0.15) is 17.8 Å². The summed E-state index contributed by atoms with van der Waals surface area (Å²) in [5.74, 6) is -4.25. The molecule has 1 aliphatic heterocycles. The molecule has 0 aromatic carbocycles. The molecule has 2 bridgehead atoms. The smallest absolute Gasteiger partial charge is 0.303 e. The average molecular weight is 449 g/mol. The van der Waals surface area contributed by atoms with E-state index in [4.69, 9.17) is 19.2 Å². The number of esters is 2. The van der Waals surface area contributed by atoms with Crippen molar-refractivity contribution in [2.45, 2.75) is 83.6 Å². The van der Waals surface area contributed by atoms with Crippen molar-refractivity contribution in [2.75, 3.05) is 0 Å². The largest absolute Gasteiger partial charge is 0.462 e. The molecule has 0 radical (unpaired) electrons. The number of carbonyl (C=O) groups is 2. The van der Waals surface area contributed by atoms with Crippen LogP contribution in [0.2, 0.25) is 0 Å². The summed E-state index contributed by atoms with van der Waals surface area (Å²) in [5.41, 5.74) is -1.39. The van der Waals surface area contributed by atoms with Crippen LogP contribution in [0.15, 0.2) is 23.8 Å². The lowest BCUT2D eigenvalue weighted by Gasteiger charge is -2.65. The highest BCUT2D eigenvalue weighted by molar-refractivity contribution is 5.67. The standard InChI is InChI=1S/C24H32O8/c1-11-15-9-14-10-16(29-12(2)25)19-21(4,5)8-7-17(30-13(3)26)22(19,6)23(14)20(18(15)27)24(11,28)32-31-23/h10,15-20,27-28H,1,7-9H2,2-6H3/t15-,16+,17+,18+,19-,20+,22-,23-,24-/m1/s1. The number of hydrogen-bond acceptors (Lipinski definition) is 8. The summed E-state index contributed by atoms with van der Waals surface area (Å²) in [6, 6.07) is 0. The molecule has 8 nitrogen and oxygen atoms in total. The Bertz CT molecular complexity index is 938. The molecule has 5 rings (SSSR count). The van der Waals surface area contributed by atoms with Crippen molar-refractivity contribution < 1.29 is 39.1 Å². The zero-order chi connectivity index (χ0) is 23.4. The molecule has 2 N–H and O–H groups in total. The van der Waals surface area contributed by atoms with E-state index in [0.717, 1.165) is 12.0 Å². The van der Waals surface area contributed by atoms with Gasteiger partial charge < -0.3 is 19.7 Å². The van der Waals surface area contributed by atoms with Gasteiger partial charge in [-0.05, 0) is 41.9 Å². The molecule has 1 spiro atoms. The predicted molar refractivity (Wildman–Crippen MR) is 110 cm³/mol. The van der Waals surface area contributed by atoms with E-state index in [1.165, 1.54) is 13.8 Å². The third-order valence-electron chi connectivity index (χ3n) is 9.05. The lowest BCUT2D eigenvalue weighted by Crippen LogP contribution is -2.73. The summed E-state index contributed by atoms with van der Waals surface area (Å²) in [4.78, 5) is 35.9. The Morgan fingerprint density at radius 1 is 1.12 bits per heavy atom. The van der Waals surface area contributed by atoms with Crippen LogP contribution < -0.4 is 0 Å². The summed E-state index contributed by atoms with van der Waals surface area (Å²) >= 11 is 0. The minimum Gasteiger partial charge on any atom is -0.462 e. The van der Waals surface area contributed by atoms with Gasteiger partial charge in [0.05, 0.1) is 12.0 Å². The van der Waals surface area contributed by atoms with Crippen LogP contribution in [0, 0.1) is 28.6 Å². The number of ether oxygens (including phenoxy) is 2. The second-order valence-corrected chi connectivity index (χ2v) is 11.1. The van der Waals surface area contributed by atoms with Gasteiger partial charge in [-0.15, -0.1) is 0 Å². The van der Waals surface area contributed by atoms with E-state index in [-0.39, 0.29) is 11.3 Å². The lowest BCUT2D eigenvalue weighted by molar-refractivity contribution is -0.405. The summed E-state index contributed by atoms with van der Waals surface area (Å²) in [6.07, 6.45) is 1.49. The van der Waals surface area contributed by atoms with Gasteiger partial charge in [0.25, 0.3) is 0 Å². The molecule has 32 heavy (non-hydrogen) atoms. The topological polar surface area (TPSA) is 112 Å². The van der Waals surface area contributed by atoms with Gasteiger partial charge in [0.15, 0.2) is 0 Å². The van der Waals surface area contributed by atoms with Crippen molar-refractivity contribution in [3.8, 4) is 0 Å². The monoisotopic (exact) mass is 448 g/mol. The highest BCUT2D eigenvalue weighted by Gasteiger charge is 2.83. The summed E-state index contributed by atoms with van der Waals surface area (Å²) < 4.78 is 11.7. The first-order valence-electron chi connectivity index (χ1n) is 11.3. The van der Waals surface area contributed by atoms with E-state index in [2.05, 4.69) is 20.4 Å². The van der Waals surface area contributed by atoms with Crippen molar-refractivity contribution in [1.82, 2.24) is 0 Å². The second-order valence-electron chi connectivity index (χ2n) is 11.1. The van der Waals surface area contributed by atoms with Gasteiger partial charge in [-0.2, -0.15) is 4.89 Å². The van der Waals surface area contributed by atoms with Crippen molar-refractivity contribution in [3.63, 3.8) is 0 Å². The van der Waals surface area contributed by atoms with Crippen molar-refractivity contribution in [3.05, 3.63) is 23.8 Å². The zero-order valence-electron chi connectivity index (χ0n) is 19.2. The third kappa shape index (κ3) is 2.36. The molecule has 9 atom stereocenters. The molecule has 4 fully saturated rings. The van der Waals surface area contributed by atoms with Crippen LogP contribution in [0.3, 0.4) is 0 Å². The molecular weight excluding hydrogens is 416 g/mol. The van der Waals surface area contributed by atoms with Crippen LogP contribution in [-0.4, -0.2) is 51.9 Å². The van der Waals surface area contributed by atoms with Crippen molar-refractivity contribution >= 4 is 11.9 Å². The van der Waals surface area contributed by atoms with E-state index in [1.54, 1.807) is 0 Å². The molecule has 0 aromatic heterocycles. The fraction of sp³-hybridized carbons (Fsp3) is 0.750. The number of rotatable bonds is 2. The Morgan fingerprint density at radius 3 is 2.41 bits per heavy atom. The predicted octanol–water partition coefficient (Wildman–Crippen LogP) is 2.19. The van der Waals surface area contributed by atoms with E-state index < -0.39 is 58.9 Å². The number of hydrogen-bond donors (Lipinski definition) is 2. The fourth-order valence-corrected chi connectivity index (χ4v) is 7.98. The van der Waals surface area contributed by atoms with E-state index >= 15 is 0 Å². The fourth-order valence-electron chi connectivity index (χ4n) is 7.98. The summed E-state index contributed by atoms with van der Waals surface area (Å²) in [5, 5.41) is 22.7. The van der Waals surface area contributed by atoms with Crippen LogP contribution >= 0.6 is 0 Å². The maximum atomic E-state index is 12.1. The second kappa shape index (κ2) is 6.44. The lowest BCUT2D eigenvalue weighted by atomic mass is 9.41. The van der Waals surface area contributed by atoms with Gasteiger partial charge in [0, 0.05) is 31.1 Å². The highest BCUT2D eigenvalue weighted by atomic mass is 17.2. The van der Waals surface area contributed by atoms with Gasteiger partial charge in [-0.3, -0.25) is 9.59 Å². The third-order valence-corrected chi connectivity index (χ3v) is 9.05. The molecular formula is C24H32O8. The maximum absolute atomic E-state index is 12.1. The normalized spacial score (nSPS) is 50.2. The van der Waals surface area contributed by atoms with Crippen molar-refractivity contribution in [1.29, 1.82) is 0 Å². The maximum Gasteiger partial charge on any atom is 0.303 e. The average Bonchev–Trinajstić information content (AvgIpc) is 3.05. The summed E-state index contributed by atoms with van der Waals surface area (Å²) in [6.45, 7) is 12.9. The van der Waals surface area contributed by atoms with Crippen LogP contribution in [0.1, 0.15) is 53.9 Å². The molecule has 0 unspecified atom stereocenters.